The van der Waals surface area contributed by atoms with Crippen LogP contribution in [0.5, 0.6) is 34.5 Å². The molecule has 0 fully saturated rings. The molecule has 0 radical (unpaired) electrons. The molecule has 7 rings (SSSR count). The van der Waals surface area contributed by atoms with E-state index in [1.54, 1.807) is 20.1 Å². The molecule has 0 saturated carbocycles. The van der Waals surface area contributed by atoms with Gasteiger partial charge in [0.25, 0.3) is 5.79 Å². The molecular weight excluding hydrogens is 560 g/mol. The number of methoxy groups -OCH3 is 1. The lowest BCUT2D eigenvalue weighted by atomic mass is 9.76. The molecule has 3 aliphatic rings. The number of hydrogen-bond donors (Lipinski definition) is 0. The summed E-state index contributed by atoms with van der Waals surface area (Å²) in [4.78, 5) is 24.5. The number of carbonyl (C=O) groups excluding carboxylic acids is 2. The van der Waals surface area contributed by atoms with E-state index in [-0.39, 0.29) is 17.8 Å². The number of benzene rings is 4. The summed E-state index contributed by atoms with van der Waals surface area (Å²) in [5.74, 6) is 0.289. The lowest BCUT2D eigenvalue weighted by molar-refractivity contribution is -0.149. The zero-order valence-electron chi connectivity index (χ0n) is 25.0. The van der Waals surface area contributed by atoms with Gasteiger partial charge in [-0.1, -0.05) is 60.7 Å². The lowest BCUT2D eigenvalue weighted by Gasteiger charge is -2.48. The van der Waals surface area contributed by atoms with Crippen LogP contribution in [0.4, 0.5) is 0 Å². The third-order valence-corrected chi connectivity index (χ3v) is 8.57. The molecule has 3 heterocycles. The first-order valence-corrected chi connectivity index (χ1v) is 14.7. The third-order valence-electron chi connectivity index (χ3n) is 8.57. The molecule has 0 spiro atoms. The van der Waals surface area contributed by atoms with Gasteiger partial charge in [0.1, 0.15) is 40.6 Å². The second-order valence-electron chi connectivity index (χ2n) is 11.4. The molecule has 4 aromatic rings. The Labute approximate surface area is 255 Å². The van der Waals surface area contributed by atoms with Crippen LogP contribution in [-0.2, 0) is 21.8 Å². The standard InChI is InChI=1S/C36H32O8/c1-20-28(40-21(2)37)17-30-32(34(20)41-22(3)38)26-19-36(43-30,24-13-9-6-10-14-24)44-31-18-29(39-4)25-15-16-27(42-35(25)33(26)31)23-11-7-5-8-12-23/h5-14,17-18,26-27H,15-16,19H2,1-4H3/t26-,27+,36-/m1/s1. The van der Waals surface area contributed by atoms with Gasteiger partial charge < -0.3 is 28.4 Å². The van der Waals surface area contributed by atoms with Crippen LogP contribution < -0.4 is 28.4 Å². The van der Waals surface area contributed by atoms with Crippen LogP contribution in [0, 0.1) is 6.92 Å². The van der Waals surface area contributed by atoms with Gasteiger partial charge in [-0.05, 0) is 25.3 Å². The van der Waals surface area contributed by atoms with Crippen molar-refractivity contribution in [2.45, 2.75) is 57.8 Å². The highest BCUT2D eigenvalue weighted by Crippen LogP contribution is 2.62. The molecule has 0 amide bonds. The Kier molecular flexibility index (Phi) is 6.72. The van der Waals surface area contributed by atoms with E-state index in [0.29, 0.717) is 46.3 Å². The van der Waals surface area contributed by atoms with Crippen molar-refractivity contribution in [3.05, 3.63) is 106 Å². The van der Waals surface area contributed by atoms with E-state index < -0.39 is 17.7 Å². The minimum absolute atomic E-state index is 0.166. The Morgan fingerprint density at radius 2 is 1.48 bits per heavy atom. The predicted molar refractivity (Wildman–Crippen MR) is 161 cm³/mol. The molecule has 8 nitrogen and oxygen atoms in total. The van der Waals surface area contributed by atoms with Gasteiger partial charge in [0, 0.05) is 66.1 Å². The molecule has 224 valence electrons. The molecule has 0 aromatic heterocycles. The molecule has 2 bridgehead atoms. The number of hydrogen-bond acceptors (Lipinski definition) is 8. The van der Waals surface area contributed by atoms with Gasteiger partial charge in [-0.25, -0.2) is 0 Å². The monoisotopic (exact) mass is 592 g/mol. The van der Waals surface area contributed by atoms with Crippen LogP contribution in [0.2, 0.25) is 0 Å². The Bertz CT molecular complexity index is 1780. The third kappa shape index (κ3) is 4.53. The van der Waals surface area contributed by atoms with Gasteiger partial charge in [-0.15, -0.1) is 0 Å². The van der Waals surface area contributed by atoms with Gasteiger partial charge in [0.15, 0.2) is 0 Å². The number of ether oxygens (including phenoxy) is 6. The summed E-state index contributed by atoms with van der Waals surface area (Å²) in [5.41, 5.74) is 4.88. The fourth-order valence-electron chi connectivity index (χ4n) is 6.70. The van der Waals surface area contributed by atoms with Crippen molar-refractivity contribution >= 4 is 11.9 Å². The number of rotatable bonds is 5. The van der Waals surface area contributed by atoms with Crippen LogP contribution >= 0.6 is 0 Å². The SMILES string of the molecule is COc1cc2c(c3c1CC[C@@H](c1ccccc1)O3)[C@@H]1C[C@@](c3ccccc3)(Oc3cc(OC(C)=O)c(C)c(OC(C)=O)c31)O2. The van der Waals surface area contributed by atoms with Crippen LogP contribution in [0.3, 0.4) is 0 Å². The Balaban J connectivity index is 1.50. The highest BCUT2D eigenvalue weighted by Gasteiger charge is 2.53. The molecule has 0 N–H and O–H groups in total. The molecule has 44 heavy (non-hydrogen) atoms. The largest absolute Gasteiger partial charge is 0.496 e. The summed E-state index contributed by atoms with van der Waals surface area (Å²) in [7, 11) is 1.65. The number of esters is 2. The van der Waals surface area contributed by atoms with Crippen molar-refractivity contribution in [2.24, 2.45) is 0 Å². The maximum absolute atomic E-state index is 12.5. The topological polar surface area (TPSA) is 89.5 Å². The highest BCUT2D eigenvalue weighted by atomic mass is 16.7. The highest BCUT2D eigenvalue weighted by molar-refractivity contribution is 5.76. The average molecular weight is 593 g/mol. The molecule has 0 unspecified atom stereocenters. The summed E-state index contributed by atoms with van der Waals surface area (Å²) in [6.45, 7) is 4.44. The predicted octanol–water partition coefficient (Wildman–Crippen LogP) is 7.08. The van der Waals surface area contributed by atoms with Crippen LogP contribution in [0.25, 0.3) is 0 Å². The number of carbonyl (C=O) groups is 2. The minimum Gasteiger partial charge on any atom is -0.496 e. The van der Waals surface area contributed by atoms with Gasteiger partial charge in [-0.3, -0.25) is 9.59 Å². The molecule has 0 saturated heterocycles. The first-order valence-electron chi connectivity index (χ1n) is 14.7. The van der Waals surface area contributed by atoms with Gasteiger partial charge in [0.05, 0.1) is 7.11 Å². The summed E-state index contributed by atoms with van der Waals surface area (Å²) >= 11 is 0. The zero-order chi connectivity index (χ0) is 30.6. The molecule has 4 aromatic carbocycles. The lowest BCUT2D eigenvalue weighted by Crippen LogP contribution is -2.47. The fraction of sp³-hybridized carbons (Fsp3) is 0.278. The van der Waals surface area contributed by atoms with Crippen molar-refractivity contribution in [3.63, 3.8) is 0 Å². The van der Waals surface area contributed by atoms with E-state index >= 15 is 0 Å². The fourth-order valence-corrected chi connectivity index (χ4v) is 6.70. The molecule has 0 aliphatic carbocycles. The molecule has 3 atom stereocenters. The van der Waals surface area contributed by atoms with E-state index in [4.69, 9.17) is 28.4 Å². The van der Waals surface area contributed by atoms with Crippen molar-refractivity contribution in [1.82, 2.24) is 0 Å². The zero-order valence-corrected chi connectivity index (χ0v) is 25.0. The van der Waals surface area contributed by atoms with Crippen LogP contribution in [0.15, 0.2) is 72.8 Å². The van der Waals surface area contributed by atoms with E-state index in [1.165, 1.54) is 13.8 Å². The maximum Gasteiger partial charge on any atom is 0.308 e. The number of fused-ring (bicyclic) bond motifs is 8. The normalized spacial score (nSPS) is 20.8. The van der Waals surface area contributed by atoms with Gasteiger partial charge in [-0.2, -0.15) is 0 Å². The van der Waals surface area contributed by atoms with Crippen molar-refractivity contribution in [2.75, 3.05) is 7.11 Å². The first kappa shape index (κ1) is 27.8. The van der Waals surface area contributed by atoms with Crippen molar-refractivity contribution < 1.29 is 38.0 Å². The Morgan fingerprint density at radius 3 is 2.14 bits per heavy atom. The van der Waals surface area contributed by atoms with Crippen LogP contribution in [-0.4, -0.2) is 19.0 Å². The maximum atomic E-state index is 12.5. The molecule has 8 heteroatoms. The molecule has 3 aliphatic heterocycles. The second-order valence-corrected chi connectivity index (χ2v) is 11.4. The van der Waals surface area contributed by atoms with E-state index in [0.717, 1.165) is 35.1 Å². The van der Waals surface area contributed by atoms with E-state index in [9.17, 15) is 9.59 Å². The van der Waals surface area contributed by atoms with E-state index in [2.05, 4.69) is 12.1 Å². The van der Waals surface area contributed by atoms with Gasteiger partial charge in [0.2, 0.25) is 0 Å². The molecular formula is C36H32O8. The summed E-state index contributed by atoms with van der Waals surface area (Å²) in [6.07, 6.45) is 1.75. The van der Waals surface area contributed by atoms with Crippen LogP contribution in [0.1, 0.15) is 72.1 Å². The Hall–Kier alpha value is -4.98. The van der Waals surface area contributed by atoms with Crippen molar-refractivity contribution in [1.29, 1.82) is 0 Å². The Morgan fingerprint density at radius 1 is 0.841 bits per heavy atom. The summed E-state index contributed by atoms with van der Waals surface area (Å²) < 4.78 is 37.8. The van der Waals surface area contributed by atoms with Crippen molar-refractivity contribution in [3.8, 4) is 34.5 Å². The van der Waals surface area contributed by atoms with Gasteiger partial charge >= 0.3 is 11.9 Å². The minimum atomic E-state index is -1.23. The quantitative estimate of drug-likeness (QED) is 0.179. The summed E-state index contributed by atoms with van der Waals surface area (Å²) in [6, 6.07) is 23.5. The second kappa shape index (κ2) is 10.6. The smallest absolute Gasteiger partial charge is 0.308 e. The average Bonchev–Trinajstić information content (AvgIpc) is 3.02. The van der Waals surface area contributed by atoms with E-state index in [1.807, 2.05) is 54.6 Å². The first-order chi connectivity index (χ1) is 21.3. The summed E-state index contributed by atoms with van der Waals surface area (Å²) in [5, 5.41) is 0.